The fourth-order valence-corrected chi connectivity index (χ4v) is 5.00. The number of carbonyl (C=O) groups excluding carboxylic acids is 2. The second-order valence-corrected chi connectivity index (χ2v) is 8.44. The number of nitrogens with zero attached hydrogens (tertiary/aromatic N) is 4. The van der Waals surface area contributed by atoms with Crippen molar-refractivity contribution in [3.8, 4) is 29.0 Å². The van der Waals surface area contributed by atoms with E-state index in [0.717, 1.165) is 37.8 Å². The van der Waals surface area contributed by atoms with Crippen molar-refractivity contribution < 1.29 is 9.59 Å². The summed E-state index contributed by atoms with van der Waals surface area (Å²) in [7, 11) is 1.49. The van der Waals surface area contributed by atoms with Crippen molar-refractivity contribution in [1.82, 2.24) is 9.47 Å². The van der Waals surface area contributed by atoms with Crippen LogP contribution >= 0.6 is 0 Å². The minimum Gasteiger partial charge on any atom is -0.308 e. The van der Waals surface area contributed by atoms with Gasteiger partial charge in [-0.05, 0) is 53.6 Å². The number of carbonyl (C=O) groups is 2. The Morgan fingerprint density at radius 1 is 0.714 bits per heavy atom. The van der Waals surface area contributed by atoms with E-state index in [0.29, 0.717) is 27.9 Å². The number of nitriles is 2. The maximum absolute atomic E-state index is 13.1. The van der Waals surface area contributed by atoms with Crippen LogP contribution in [0.1, 0.15) is 31.8 Å². The molecule has 1 aromatic heterocycles. The number of aromatic nitrogens is 1. The Bertz CT molecular complexity index is 1800. The van der Waals surface area contributed by atoms with Gasteiger partial charge in [-0.25, -0.2) is 0 Å². The molecule has 0 fully saturated rings. The SMILES string of the molecule is CN1C(=O)c2cccc(-n3c4ccccc4c4c(-c5cc(C#N)cc(C#N)c5)cccc43)c2C1=O. The molecule has 0 aliphatic carbocycles. The van der Waals surface area contributed by atoms with Crippen LogP contribution in [0.3, 0.4) is 0 Å². The molecule has 0 radical (unpaired) electrons. The second kappa shape index (κ2) is 7.41. The van der Waals surface area contributed by atoms with Crippen molar-refractivity contribution in [3.63, 3.8) is 0 Å². The molecule has 0 spiro atoms. The third-order valence-corrected chi connectivity index (χ3v) is 6.54. The molecule has 0 N–H and O–H groups in total. The standard InChI is InChI=1S/C29H16N4O2/c1-32-28(34)22-8-5-11-25(27(22)29(32)35)33-23-9-3-2-6-21(23)26-20(7-4-10-24(26)33)19-13-17(15-30)12-18(14-19)16-31/h2-14H,1H3. The lowest BCUT2D eigenvalue weighted by atomic mass is 9.96. The molecular weight excluding hydrogens is 436 g/mol. The molecule has 4 aromatic carbocycles. The normalized spacial score (nSPS) is 12.7. The van der Waals surface area contributed by atoms with Crippen LogP contribution in [0.15, 0.2) is 78.9 Å². The Morgan fingerprint density at radius 3 is 2.11 bits per heavy atom. The highest BCUT2D eigenvalue weighted by Gasteiger charge is 2.35. The third kappa shape index (κ3) is 2.81. The van der Waals surface area contributed by atoms with Gasteiger partial charge in [0.15, 0.2) is 0 Å². The van der Waals surface area contributed by atoms with Gasteiger partial charge in [0.2, 0.25) is 0 Å². The summed E-state index contributed by atoms with van der Waals surface area (Å²) in [5.74, 6) is -0.645. The molecular formula is C29H16N4O2. The first-order valence-electron chi connectivity index (χ1n) is 11.0. The van der Waals surface area contributed by atoms with Crippen LogP contribution in [0.2, 0.25) is 0 Å². The van der Waals surface area contributed by atoms with Crippen LogP contribution in [0.4, 0.5) is 0 Å². The lowest BCUT2D eigenvalue weighted by Gasteiger charge is -2.12. The van der Waals surface area contributed by atoms with Crippen molar-refractivity contribution >= 4 is 33.6 Å². The van der Waals surface area contributed by atoms with E-state index < -0.39 is 0 Å². The summed E-state index contributed by atoms with van der Waals surface area (Å²) >= 11 is 0. The van der Waals surface area contributed by atoms with Gasteiger partial charge in [0.25, 0.3) is 11.8 Å². The molecule has 1 aliphatic rings. The zero-order valence-corrected chi connectivity index (χ0v) is 18.6. The van der Waals surface area contributed by atoms with Crippen LogP contribution in [0.25, 0.3) is 38.6 Å². The van der Waals surface area contributed by atoms with E-state index in [1.54, 1.807) is 30.3 Å². The topological polar surface area (TPSA) is 89.9 Å². The Hall–Kier alpha value is -5.20. The average molecular weight is 452 g/mol. The van der Waals surface area contributed by atoms with E-state index in [-0.39, 0.29) is 11.8 Å². The highest BCUT2D eigenvalue weighted by molar-refractivity contribution is 6.24. The van der Waals surface area contributed by atoms with Gasteiger partial charge < -0.3 is 4.57 Å². The van der Waals surface area contributed by atoms with E-state index in [9.17, 15) is 20.1 Å². The second-order valence-electron chi connectivity index (χ2n) is 8.44. The van der Waals surface area contributed by atoms with Gasteiger partial charge in [0.1, 0.15) is 0 Å². The molecule has 164 valence electrons. The average Bonchev–Trinajstić information content (AvgIpc) is 3.35. The summed E-state index contributed by atoms with van der Waals surface area (Å²) < 4.78 is 2.01. The van der Waals surface area contributed by atoms with E-state index in [1.165, 1.54) is 7.05 Å². The highest BCUT2D eigenvalue weighted by atomic mass is 16.2. The quantitative estimate of drug-likeness (QED) is 0.335. The predicted octanol–water partition coefficient (Wildman–Crippen LogP) is 5.42. The van der Waals surface area contributed by atoms with Gasteiger partial charge in [-0.15, -0.1) is 0 Å². The zero-order chi connectivity index (χ0) is 24.3. The van der Waals surface area contributed by atoms with E-state index >= 15 is 0 Å². The first-order valence-corrected chi connectivity index (χ1v) is 11.0. The molecule has 0 saturated heterocycles. The third-order valence-electron chi connectivity index (χ3n) is 6.54. The Labute approximate surface area is 200 Å². The fraction of sp³-hybridized carbons (Fsp3) is 0.0345. The summed E-state index contributed by atoms with van der Waals surface area (Å²) in [6.07, 6.45) is 0. The summed E-state index contributed by atoms with van der Waals surface area (Å²) in [6.45, 7) is 0. The number of para-hydroxylation sites is 1. The Morgan fingerprint density at radius 2 is 1.37 bits per heavy atom. The number of fused-ring (bicyclic) bond motifs is 4. The van der Waals surface area contributed by atoms with E-state index in [2.05, 4.69) is 12.1 Å². The van der Waals surface area contributed by atoms with Gasteiger partial charge in [-0.2, -0.15) is 10.5 Å². The summed E-state index contributed by atoms with van der Waals surface area (Å²) in [5.41, 5.74) is 5.60. The van der Waals surface area contributed by atoms with E-state index in [1.807, 2.05) is 53.1 Å². The van der Waals surface area contributed by atoms with Crippen molar-refractivity contribution in [2.24, 2.45) is 0 Å². The number of hydrogen-bond donors (Lipinski definition) is 0. The van der Waals surface area contributed by atoms with Crippen molar-refractivity contribution in [1.29, 1.82) is 10.5 Å². The molecule has 2 amide bonds. The highest BCUT2D eigenvalue weighted by Crippen LogP contribution is 2.40. The lowest BCUT2D eigenvalue weighted by Crippen LogP contribution is -2.24. The number of rotatable bonds is 2. The van der Waals surface area contributed by atoms with Gasteiger partial charge in [-0.3, -0.25) is 14.5 Å². The first kappa shape index (κ1) is 20.4. The maximum Gasteiger partial charge on any atom is 0.263 e. The molecule has 0 atom stereocenters. The van der Waals surface area contributed by atoms with Gasteiger partial charge >= 0.3 is 0 Å². The van der Waals surface area contributed by atoms with Crippen LogP contribution in [-0.2, 0) is 0 Å². The number of amides is 2. The predicted molar refractivity (Wildman–Crippen MR) is 132 cm³/mol. The molecule has 2 heterocycles. The first-order chi connectivity index (χ1) is 17.0. The Kier molecular flexibility index (Phi) is 4.32. The van der Waals surface area contributed by atoms with Crippen LogP contribution in [0, 0.1) is 22.7 Å². The summed E-state index contributed by atoms with van der Waals surface area (Å²) in [5, 5.41) is 20.9. The molecule has 0 unspecified atom stereocenters. The number of imide groups is 1. The largest absolute Gasteiger partial charge is 0.308 e. The van der Waals surface area contributed by atoms with Crippen LogP contribution < -0.4 is 0 Å². The molecule has 5 aromatic rings. The Balaban J connectivity index is 1.74. The fourth-order valence-electron chi connectivity index (χ4n) is 5.00. The summed E-state index contributed by atoms with van der Waals surface area (Å²) in [6, 6.07) is 28.5. The smallest absolute Gasteiger partial charge is 0.263 e. The minimum atomic E-state index is -0.330. The lowest BCUT2D eigenvalue weighted by molar-refractivity contribution is 0.0693. The minimum absolute atomic E-state index is 0.314. The maximum atomic E-state index is 13.1. The molecule has 0 bridgehead atoms. The van der Waals surface area contributed by atoms with Gasteiger partial charge in [0.05, 0.1) is 51.1 Å². The number of benzene rings is 4. The van der Waals surface area contributed by atoms with Crippen LogP contribution in [-0.4, -0.2) is 28.3 Å². The molecule has 6 rings (SSSR count). The molecule has 6 heteroatoms. The molecule has 6 nitrogen and oxygen atoms in total. The van der Waals surface area contributed by atoms with Gasteiger partial charge in [-0.1, -0.05) is 36.4 Å². The van der Waals surface area contributed by atoms with Crippen LogP contribution in [0.5, 0.6) is 0 Å². The molecule has 1 aliphatic heterocycles. The number of hydrogen-bond acceptors (Lipinski definition) is 4. The van der Waals surface area contributed by atoms with E-state index in [4.69, 9.17) is 0 Å². The summed E-state index contributed by atoms with van der Waals surface area (Å²) in [4.78, 5) is 26.9. The molecule has 35 heavy (non-hydrogen) atoms. The zero-order valence-electron chi connectivity index (χ0n) is 18.6. The molecule has 0 saturated carbocycles. The van der Waals surface area contributed by atoms with Gasteiger partial charge in [0, 0.05) is 17.8 Å². The van der Waals surface area contributed by atoms with Crippen molar-refractivity contribution in [2.45, 2.75) is 0 Å². The monoisotopic (exact) mass is 452 g/mol. The van der Waals surface area contributed by atoms with Crippen molar-refractivity contribution in [2.75, 3.05) is 7.05 Å². The van der Waals surface area contributed by atoms with Crippen molar-refractivity contribution in [3.05, 3.63) is 101 Å².